The number of aliphatic hydroxyl groups excluding tert-OH is 3. The lowest BCUT2D eigenvalue weighted by Crippen LogP contribution is -2.57. The van der Waals surface area contributed by atoms with E-state index in [1.54, 1.807) is 0 Å². The second-order valence-corrected chi connectivity index (χ2v) is 3.15. The van der Waals surface area contributed by atoms with Crippen LogP contribution in [0.25, 0.3) is 0 Å². The summed E-state index contributed by atoms with van der Waals surface area (Å²) in [4.78, 5) is 15.1. The molecule has 0 aromatic carbocycles. The van der Waals surface area contributed by atoms with Crippen molar-refractivity contribution >= 4 is 6.03 Å². The highest BCUT2D eigenvalue weighted by Gasteiger charge is 2.30. The van der Waals surface area contributed by atoms with Crippen molar-refractivity contribution < 1.29 is 20.1 Å². The molecule has 1 aromatic heterocycles. The molecule has 0 fully saturated rings. The van der Waals surface area contributed by atoms with Gasteiger partial charge in [0.25, 0.3) is 0 Å². The molecule has 0 bridgehead atoms. The van der Waals surface area contributed by atoms with Crippen LogP contribution in [0, 0.1) is 0 Å². The minimum Gasteiger partial charge on any atom is -0.394 e. The first-order chi connectivity index (χ1) is 7.17. The molecule has 0 aliphatic carbocycles. The summed E-state index contributed by atoms with van der Waals surface area (Å²) in [6.07, 6.45) is 4.09. The molecule has 84 valence electrons. The van der Waals surface area contributed by atoms with Gasteiger partial charge in [0, 0.05) is 12.4 Å². The summed E-state index contributed by atoms with van der Waals surface area (Å²) in [5.41, 5.74) is -1.42. The van der Waals surface area contributed by atoms with Crippen LogP contribution in [-0.2, 0) is 0 Å². The normalized spacial score (nSPS) is 11.4. The molecule has 0 saturated heterocycles. The summed E-state index contributed by atoms with van der Waals surface area (Å²) in [6, 6.07) is -0.579. The van der Waals surface area contributed by atoms with Gasteiger partial charge in [-0.25, -0.2) is 9.78 Å². The van der Waals surface area contributed by atoms with Crippen molar-refractivity contribution in [2.45, 2.75) is 5.54 Å². The Hall–Kier alpha value is -1.44. The minimum absolute atomic E-state index is 0.555. The molecule has 0 radical (unpaired) electrons. The standard InChI is InChI=1S/C8H13N3O4/c12-3-8(4-13,5-14)10-7(15)11-2-1-9-6-11/h1-2,6,12-14H,3-5H2,(H,10,15). The van der Waals surface area contributed by atoms with E-state index in [-0.39, 0.29) is 0 Å². The van der Waals surface area contributed by atoms with Crippen LogP contribution in [0.5, 0.6) is 0 Å². The molecule has 1 aromatic rings. The van der Waals surface area contributed by atoms with Gasteiger partial charge in [0.2, 0.25) is 0 Å². The van der Waals surface area contributed by atoms with Crippen molar-refractivity contribution in [1.82, 2.24) is 14.9 Å². The van der Waals surface area contributed by atoms with E-state index < -0.39 is 31.4 Å². The highest BCUT2D eigenvalue weighted by molar-refractivity contribution is 5.77. The number of hydrogen-bond donors (Lipinski definition) is 4. The maximum atomic E-state index is 11.5. The van der Waals surface area contributed by atoms with Crippen molar-refractivity contribution in [1.29, 1.82) is 0 Å². The Morgan fingerprint density at radius 2 is 1.93 bits per heavy atom. The molecule has 7 heteroatoms. The zero-order chi connectivity index (χ0) is 11.3. The average molecular weight is 215 g/mol. The van der Waals surface area contributed by atoms with Crippen LogP contribution in [0.3, 0.4) is 0 Å². The summed E-state index contributed by atoms with van der Waals surface area (Å²) in [5, 5.41) is 29.2. The summed E-state index contributed by atoms with van der Waals surface area (Å²) in [5.74, 6) is 0. The van der Waals surface area contributed by atoms with Crippen LogP contribution in [0.15, 0.2) is 18.7 Å². The van der Waals surface area contributed by atoms with Crippen molar-refractivity contribution in [3.63, 3.8) is 0 Å². The minimum atomic E-state index is -1.42. The average Bonchev–Trinajstić information content (AvgIpc) is 2.79. The van der Waals surface area contributed by atoms with E-state index in [1.807, 2.05) is 0 Å². The second kappa shape index (κ2) is 4.87. The Labute approximate surface area is 86.0 Å². The number of hydrogen-bond acceptors (Lipinski definition) is 5. The number of carbonyl (C=O) groups is 1. The van der Waals surface area contributed by atoms with E-state index >= 15 is 0 Å². The van der Waals surface area contributed by atoms with Gasteiger partial charge in [-0.3, -0.25) is 4.57 Å². The molecular weight excluding hydrogens is 202 g/mol. The molecule has 4 N–H and O–H groups in total. The number of carbonyl (C=O) groups excluding carboxylic acids is 1. The van der Waals surface area contributed by atoms with Gasteiger partial charge in [-0.1, -0.05) is 0 Å². The fourth-order valence-electron chi connectivity index (χ4n) is 0.939. The van der Waals surface area contributed by atoms with E-state index in [0.717, 1.165) is 4.57 Å². The van der Waals surface area contributed by atoms with E-state index in [4.69, 9.17) is 15.3 Å². The van der Waals surface area contributed by atoms with Crippen molar-refractivity contribution in [3.05, 3.63) is 18.7 Å². The summed E-state index contributed by atoms with van der Waals surface area (Å²) >= 11 is 0. The zero-order valence-electron chi connectivity index (χ0n) is 8.00. The molecule has 0 spiro atoms. The number of nitrogens with zero attached hydrogens (tertiary/aromatic N) is 2. The van der Waals surface area contributed by atoms with Gasteiger partial charge < -0.3 is 20.6 Å². The predicted molar refractivity (Wildman–Crippen MR) is 50.1 cm³/mol. The lowest BCUT2D eigenvalue weighted by Gasteiger charge is -2.28. The highest BCUT2D eigenvalue weighted by Crippen LogP contribution is 2.02. The molecule has 0 atom stereocenters. The summed E-state index contributed by atoms with van der Waals surface area (Å²) in [6.45, 7) is -1.67. The molecule has 1 heterocycles. The van der Waals surface area contributed by atoms with Gasteiger partial charge in [0.15, 0.2) is 0 Å². The van der Waals surface area contributed by atoms with Crippen molar-refractivity contribution in [2.24, 2.45) is 0 Å². The molecule has 1 amide bonds. The number of rotatable bonds is 4. The van der Waals surface area contributed by atoms with Gasteiger partial charge in [-0.15, -0.1) is 0 Å². The smallest absolute Gasteiger partial charge is 0.327 e. The van der Waals surface area contributed by atoms with Crippen molar-refractivity contribution in [3.8, 4) is 0 Å². The highest BCUT2D eigenvalue weighted by atomic mass is 16.3. The van der Waals surface area contributed by atoms with Crippen LogP contribution in [0.4, 0.5) is 4.79 Å². The topological polar surface area (TPSA) is 108 Å². The van der Waals surface area contributed by atoms with E-state index in [0.29, 0.717) is 0 Å². The third-order valence-electron chi connectivity index (χ3n) is 2.02. The molecule has 0 aliphatic rings. The Bertz CT molecular complexity index is 299. The van der Waals surface area contributed by atoms with E-state index in [1.165, 1.54) is 18.7 Å². The quantitative estimate of drug-likeness (QED) is 0.472. The molecule has 0 unspecified atom stereocenters. The fourth-order valence-corrected chi connectivity index (χ4v) is 0.939. The van der Waals surface area contributed by atoms with Crippen LogP contribution in [-0.4, -0.2) is 56.3 Å². The molecule has 0 aliphatic heterocycles. The predicted octanol–water partition coefficient (Wildman–Crippen LogP) is -1.84. The van der Waals surface area contributed by atoms with E-state index in [2.05, 4.69) is 10.3 Å². The van der Waals surface area contributed by atoms with E-state index in [9.17, 15) is 4.79 Å². The third kappa shape index (κ3) is 2.52. The van der Waals surface area contributed by atoms with Crippen molar-refractivity contribution in [2.75, 3.05) is 19.8 Å². The van der Waals surface area contributed by atoms with Crippen LogP contribution < -0.4 is 5.32 Å². The Balaban J connectivity index is 2.71. The third-order valence-corrected chi connectivity index (χ3v) is 2.02. The Kier molecular flexibility index (Phi) is 3.78. The zero-order valence-corrected chi connectivity index (χ0v) is 8.00. The first kappa shape index (κ1) is 11.6. The van der Waals surface area contributed by atoms with Crippen LogP contribution in [0.2, 0.25) is 0 Å². The fraction of sp³-hybridized carbons (Fsp3) is 0.500. The molecule has 7 nitrogen and oxygen atoms in total. The lowest BCUT2D eigenvalue weighted by atomic mass is 10.0. The SMILES string of the molecule is O=C(NC(CO)(CO)CO)n1ccnc1. The number of nitrogens with one attached hydrogen (secondary N) is 1. The van der Waals surface area contributed by atoms with Gasteiger partial charge in [-0.2, -0.15) is 0 Å². The number of amides is 1. The van der Waals surface area contributed by atoms with Crippen LogP contribution in [0.1, 0.15) is 0 Å². The van der Waals surface area contributed by atoms with Gasteiger partial charge in [0.05, 0.1) is 19.8 Å². The molecule has 1 rings (SSSR count). The molecular formula is C8H13N3O4. The van der Waals surface area contributed by atoms with Gasteiger partial charge in [-0.05, 0) is 0 Å². The van der Waals surface area contributed by atoms with Gasteiger partial charge in [0.1, 0.15) is 11.9 Å². The van der Waals surface area contributed by atoms with Crippen LogP contribution >= 0.6 is 0 Å². The first-order valence-corrected chi connectivity index (χ1v) is 4.30. The molecule has 0 saturated carbocycles. The largest absolute Gasteiger partial charge is 0.394 e. The number of aliphatic hydroxyl groups is 3. The second-order valence-electron chi connectivity index (χ2n) is 3.15. The Morgan fingerprint density at radius 3 is 2.33 bits per heavy atom. The van der Waals surface area contributed by atoms with Gasteiger partial charge >= 0.3 is 6.03 Å². The maximum Gasteiger partial charge on any atom is 0.327 e. The summed E-state index contributed by atoms with van der Waals surface area (Å²) < 4.78 is 1.13. The lowest BCUT2D eigenvalue weighted by molar-refractivity contribution is 0.0494. The monoisotopic (exact) mass is 215 g/mol. The number of aromatic nitrogens is 2. The first-order valence-electron chi connectivity index (χ1n) is 4.30. The molecule has 15 heavy (non-hydrogen) atoms. The maximum absolute atomic E-state index is 11.5. The number of imidazole rings is 1. The summed E-state index contributed by atoms with van der Waals surface area (Å²) in [7, 11) is 0. The Morgan fingerprint density at radius 1 is 1.33 bits per heavy atom.